The zero-order chi connectivity index (χ0) is 14.4. The lowest BCUT2D eigenvalue weighted by Gasteiger charge is -2.05. The summed E-state index contributed by atoms with van der Waals surface area (Å²) in [4.78, 5) is 22.6. The molecule has 0 aliphatic rings. The third-order valence-corrected chi connectivity index (χ3v) is 2.64. The van der Waals surface area contributed by atoms with Gasteiger partial charge in [-0.1, -0.05) is 0 Å². The molecule has 0 saturated carbocycles. The summed E-state index contributed by atoms with van der Waals surface area (Å²) in [6.45, 7) is 0.584. The molecule has 1 heterocycles. The number of nitrogens with one attached hydrogen (secondary N) is 1. The quantitative estimate of drug-likeness (QED) is 0.780. The zero-order valence-electron chi connectivity index (χ0n) is 10.7. The first-order chi connectivity index (χ1) is 9.65. The van der Waals surface area contributed by atoms with Gasteiger partial charge in [0.1, 0.15) is 6.33 Å². The number of carbonyl (C=O) groups excluding carboxylic acids is 2. The lowest BCUT2D eigenvalue weighted by atomic mass is 10.2. The van der Waals surface area contributed by atoms with Crippen LogP contribution in [0.4, 0.5) is 5.69 Å². The fraction of sp³-hybridized carbons (Fsp3) is 0.250. The van der Waals surface area contributed by atoms with Gasteiger partial charge in [0.2, 0.25) is 11.8 Å². The Hall–Kier alpha value is -2.77. The molecule has 8 heteroatoms. The Kier molecular flexibility index (Phi) is 4.38. The van der Waals surface area contributed by atoms with Crippen LogP contribution >= 0.6 is 0 Å². The summed E-state index contributed by atoms with van der Waals surface area (Å²) in [7, 11) is 0. The highest BCUT2D eigenvalue weighted by Gasteiger charge is 2.04. The molecule has 1 aromatic heterocycles. The van der Waals surface area contributed by atoms with E-state index >= 15 is 0 Å². The molecule has 8 nitrogen and oxygen atoms in total. The van der Waals surface area contributed by atoms with Gasteiger partial charge >= 0.3 is 0 Å². The van der Waals surface area contributed by atoms with E-state index in [-0.39, 0.29) is 5.91 Å². The van der Waals surface area contributed by atoms with E-state index in [4.69, 9.17) is 5.73 Å². The van der Waals surface area contributed by atoms with Crippen LogP contribution in [0.2, 0.25) is 0 Å². The summed E-state index contributed by atoms with van der Waals surface area (Å²) < 4.78 is 1.56. The van der Waals surface area contributed by atoms with Crippen LogP contribution in [0, 0.1) is 0 Å². The van der Waals surface area contributed by atoms with E-state index in [1.54, 1.807) is 28.9 Å². The van der Waals surface area contributed by atoms with Gasteiger partial charge in [-0.15, -0.1) is 5.10 Å². The van der Waals surface area contributed by atoms with Crippen molar-refractivity contribution in [1.29, 1.82) is 0 Å². The number of amides is 2. The van der Waals surface area contributed by atoms with Crippen LogP contribution in [0.15, 0.2) is 30.6 Å². The van der Waals surface area contributed by atoms with Gasteiger partial charge in [0.25, 0.3) is 0 Å². The van der Waals surface area contributed by atoms with Gasteiger partial charge in [0.05, 0.1) is 0 Å². The van der Waals surface area contributed by atoms with E-state index in [0.29, 0.717) is 30.6 Å². The van der Waals surface area contributed by atoms with Crippen molar-refractivity contribution in [1.82, 2.24) is 20.2 Å². The van der Waals surface area contributed by atoms with Gasteiger partial charge in [-0.2, -0.15) is 0 Å². The monoisotopic (exact) mass is 274 g/mol. The number of rotatable bonds is 6. The highest BCUT2D eigenvalue weighted by atomic mass is 16.2. The first-order valence-corrected chi connectivity index (χ1v) is 6.05. The van der Waals surface area contributed by atoms with Crippen LogP contribution in [0.5, 0.6) is 0 Å². The second kappa shape index (κ2) is 6.41. The van der Waals surface area contributed by atoms with Crippen LogP contribution in [0.25, 0.3) is 0 Å². The molecule has 2 amide bonds. The number of tetrazole rings is 1. The lowest BCUT2D eigenvalue weighted by molar-refractivity contribution is -0.116. The summed E-state index contributed by atoms with van der Waals surface area (Å²) in [5.74, 6) is -0.603. The third-order valence-electron chi connectivity index (χ3n) is 2.64. The smallest absolute Gasteiger partial charge is 0.248 e. The molecule has 0 radical (unpaired) electrons. The van der Waals surface area contributed by atoms with Crippen molar-refractivity contribution in [3.8, 4) is 0 Å². The third kappa shape index (κ3) is 3.87. The van der Waals surface area contributed by atoms with Crippen LogP contribution in [0.3, 0.4) is 0 Å². The predicted molar refractivity (Wildman–Crippen MR) is 70.6 cm³/mol. The normalized spacial score (nSPS) is 10.2. The van der Waals surface area contributed by atoms with Gasteiger partial charge < -0.3 is 11.1 Å². The molecule has 0 aliphatic heterocycles. The van der Waals surface area contributed by atoms with E-state index in [1.165, 1.54) is 6.33 Å². The van der Waals surface area contributed by atoms with Crippen molar-refractivity contribution in [2.45, 2.75) is 19.4 Å². The predicted octanol–water partition coefficient (Wildman–Crippen LogP) is 0.191. The first-order valence-electron chi connectivity index (χ1n) is 6.05. The minimum Gasteiger partial charge on any atom is -0.366 e. The number of nitrogens with two attached hydrogens (primary N) is 1. The SMILES string of the molecule is NC(=O)c1ccc(NC(=O)CCCn2cnnn2)cc1. The van der Waals surface area contributed by atoms with Gasteiger partial charge in [-0.25, -0.2) is 4.68 Å². The number of aromatic nitrogens is 4. The van der Waals surface area contributed by atoms with E-state index in [9.17, 15) is 9.59 Å². The van der Waals surface area contributed by atoms with Gasteiger partial charge in [0.15, 0.2) is 0 Å². The Morgan fingerprint density at radius 1 is 1.25 bits per heavy atom. The number of nitrogens with zero attached hydrogens (tertiary/aromatic N) is 4. The molecular formula is C12H14N6O2. The van der Waals surface area contributed by atoms with Gasteiger partial charge in [0, 0.05) is 24.2 Å². The van der Waals surface area contributed by atoms with Crippen molar-refractivity contribution in [2.24, 2.45) is 5.73 Å². The molecule has 0 fully saturated rings. The molecule has 1 aromatic carbocycles. The summed E-state index contributed by atoms with van der Waals surface area (Å²) in [5, 5.41) is 13.4. The fourth-order valence-corrected chi connectivity index (χ4v) is 1.63. The average molecular weight is 274 g/mol. The summed E-state index contributed by atoms with van der Waals surface area (Å²) >= 11 is 0. The standard InChI is InChI=1S/C12H14N6O2/c13-12(20)9-3-5-10(6-4-9)15-11(19)2-1-7-18-8-14-16-17-18/h3-6,8H,1-2,7H2,(H2,13,20)(H,15,19). The van der Waals surface area contributed by atoms with Crippen molar-refractivity contribution in [2.75, 3.05) is 5.32 Å². The second-order valence-corrected chi connectivity index (χ2v) is 4.17. The largest absolute Gasteiger partial charge is 0.366 e. The van der Waals surface area contributed by atoms with Crippen LogP contribution in [-0.4, -0.2) is 32.0 Å². The summed E-state index contributed by atoms with van der Waals surface area (Å²) in [5.41, 5.74) is 6.16. The lowest BCUT2D eigenvalue weighted by Crippen LogP contribution is -2.13. The zero-order valence-corrected chi connectivity index (χ0v) is 10.7. The molecule has 0 atom stereocenters. The number of hydrogen-bond acceptors (Lipinski definition) is 5. The molecule has 104 valence electrons. The second-order valence-electron chi connectivity index (χ2n) is 4.17. The Labute approximate surface area is 115 Å². The molecule has 2 aromatic rings. The molecular weight excluding hydrogens is 260 g/mol. The summed E-state index contributed by atoms with van der Waals surface area (Å²) in [6.07, 6.45) is 2.49. The Bertz CT molecular complexity index is 579. The van der Waals surface area contributed by atoms with Crippen LogP contribution < -0.4 is 11.1 Å². The van der Waals surface area contributed by atoms with E-state index in [0.717, 1.165) is 0 Å². The number of anilines is 1. The fourth-order valence-electron chi connectivity index (χ4n) is 1.63. The number of carbonyl (C=O) groups is 2. The van der Waals surface area contributed by atoms with Crippen LogP contribution in [0.1, 0.15) is 23.2 Å². The molecule has 20 heavy (non-hydrogen) atoms. The molecule has 0 unspecified atom stereocenters. The maximum atomic E-state index is 11.7. The average Bonchev–Trinajstić information content (AvgIpc) is 2.92. The Morgan fingerprint density at radius 2 is 2.00 bits per heavy atom. The summed E-state index contributed by atoms with van der Waals surface area (Å²) in [6, 6.07) is 6.41. The number of aryl methyl sites for hydroxylation is 1. The number of hydrogen-bond donors (Lipinski definition) is 2. The minimum absolute atomic E-state index is 0.107. The topological polar surface area (TPSA) is 116 Å². The van der Waals surface area contributed by atoms with E-state index in [1.807, 2.05) is 0 Å². The Morgan fingerprint density at radius 3 is 2.60 bits per heavy atom. The molecule has 3 N–H and O–H groups in total. The van der Waals surface area contributed by atoms with Crippen molar-refractivity contribution in [3.63, 3.8) is 0 Å². The van der Waals surface area contributed by atoms with Crippen molar-refractivity contribution < 1.29 is 9.59 Å². The van der Waals surface area contributed by atoms with Crippen molar-refractivity contribution in [3.05, 3.63) is 36.2 Å². The highest BCUT2D eigenvalue weighted by Crippen LogP contribution is 2.10. The van der Waals surface area contributed by atoms with Crippen LogP contribution in [-0.2, 0) is 11.3 Å². The molecule has 0 bridgehead atoms. The number of benzene rings is 1. The molecule has 0 spiro atoms. The van der Waals surface area contributed by atoms with E-state index < -0.39 is 5.91 Å². The highest BCUT2D eigenvalue weighted by molar-refractivity contribution is 5.94. The molecule has 0 aliphatic carbocycles. The maximum Gasteiger partial charge on any atom is 0.248 e. The van der Waals surface area contributed by atoms with Gasteiger partial charge in [-0.3, -0.25) is 9.59 Å². The molecule has 0 saturated heterocycles. The first kappa shape index (κ1) is 13.7. The minimum atomic E-state index is -0.496. The number of primary amides is 1. The Balaban J connectivity index is 1.77. The van der Waals surface area contributed by atoms with Crippen molar-refractivity contribution >= 4 is 17.5 Å². The van der Waals surface area contributed by atoms with E-state index in [2.05, 4.69) is 20.8 Å². The maximum absolute atomic E-state index is 11.7. The molecule has 2 rings (SSSR count). The van der Waals surface area contributed by atoms with Gasteiger partial charge in [-0.05, 0) is 41.1 Å².